The first kappa shape index (κ1) is 18.9. The van der Waals surface area contributed by atoms with Crippen LogP contribution in [0, 0.1) is 0 Å². The summed E-state index contributed by atoms with van der Waals surface area (Å²) >= 11 is 0. The van der Waals surface area contributed by atoms with Crippen LogP contribution in [0.4, 0.5) is 11.6 Å². The van der Waals surface area contributed by atoms with Crippen molar-refractivity contribution in [3.8, 4) is 0 Å². The molecule has 0 amide bonds. The van der Waals surface area contributed by atoms with Crippen LogP contribution in [-0.4, -0.2) is 46.0 Å². The van der Waals surface area contributed by atoms with Crippen LogP contribution in [-0.2, 0) is 35.7 Å². The average molecular weight is 437 g/mol. The summed E-state index contributed by atoms with van der Waals surface area (Å²) in [6.45, 7) is 0.811. The summed E-state index contributed by atoms with van der Waals surface area (Å²) < 4.78 is 27.4. The second-order valence-corrected chi connectivity index (χ2v) is 10.4. The number of hydrogen-bond donors (Lipinski definition) is 2. The number of hydrogen-bond acceptors (Lipinski definition) is 6. The lowest BCUT2D eigenvalue weighted by Gasteiger charge is -2.36. The smallest absolute Gasteiger partial charge is 0.278 e. The Kier molecular flexibility index (Phi) is 4.36. The number of pyridine rings is 1. The minimum absolute atomic E-state index is 0.112. The van der Waals surface area contributed by atoms with Gasteiger partial charge < -0.3 is 5.32 Å². The van der Waals surface area contributed by atoms with Crippen LogP contribution in [0.1, 0.15) is 46.7 Å². The minimum Gasteiger partial charge on any atom is -0.322 e. The Bertz CT molecular complexity index is 1220. The fraction of sp³-hybridized carbons (Fsp3) is 0.409. The zero-order valence-corrected chi connectivity index (χ0v) is 18.0. The Balaban J connectivity index is 1.22. The molecular weight excluding hydrogens is 412 g/mol. The first-order chi connectivity index (χ1) is 15.1. The van der Waals surface area contributed by atoms with E-state index in [4.69, 9.17) is 0 Å². The molecule has 6 rings (SSSR count). The van der Waals surface area contributed by atoms with E-state index in [-0.39, 0.29) is 11.1 Å². The third-order valence-corrected chi connectivity index (χ3v) is 8.36. The van der Waals surface area contributed by atoms with Crippen LogP contribution in [0.5, 0.6) is 0 Å². The highest BCUT2D eigenvalue weighted by atomic mass is 32.2. The molecule has 2 N–H and O–H groups in total. The molecule has 9 heteroatoms. The van der Waals surface area contributed by atoms with Crippen LogP contribution in [0.3, 0.4) is 0 Å². The van der Waals surface area contributed by atoms with E-state index in [9.17, 15) is 8.42 Å². The van der Waals surface area contributed by atoms with Crippen LogP contribution in [0.25, 0.3) is 0 Å². The summed E-state index contributed by atoms with van der Waals surface area (Å²) in [6.07, 6.45) is 8.36. The van der Waals surface area contributed by atoms with Crippen molar-refractivity contribution in [1.82, 2.24) is 24.5 Å². The fourth-order valence-electron chi connectivity index (χ4n) is 5.06. The van der Waals surface area contributed by atoms with E-state index in [0.717, 1.165) is 49.9 Å². The van der Waals surface area contributed by atoms with Crippen molar-refractivity contribution in [2.45, 2.75) is 49.6 Å². The van der Waals surface area contributed by atoms with Crippen molar-refractivity contribution in [1.29, 1.82) is 0 Å². The topological polar surface area (TPSA) is 104 Å². The molecular formula is C22H24N6O2S. The zero-order chi connectivity index (χ0) is 21.0. The Morgan fingerprint density at radius 1 is 1.03 bits per heavy atom. The molecule has 2 aliphatic carbocycles. The van der Waals surface area contributed by atoms with Crippen molar-refractivity contribution in [2.24, 2.45) is 0 Å². The van der Waals surface area contributed by atoms with Crippen LogP contribution in [0.15, 0.2) is 35.6 Å². The van der Waals surface area contributed by atoms with Gasteiger partial charge in [-0.2, -0.15) is 9.29 Å². The number of nitrogens with zero attached hydrogens (tertiary/aromatic N) is 4. The Labute approximate surface area is 181 Å². The molecule has 3 aliphatic rings. The molecule has 0 spiro atoms. The molecule has 0 unspecified atom stereocenters. The van der Waals surface area contributed by atoms with Gasteiger partial charge in [0.2, 0.25) is 5.95 Å². The number of benzene rings is 1. The largest absolute Gasteiger partial charge is 0.322 e. The molecule has 1 fully saturated rings. The maximum Gasteiger partial charge on any atom is 0.278 e. The fourth-order valence-corrected chi connectivity index (χ4v) is 6.42. The SMILES string of the molecule is O=S(=O)(c1nc(Nc2c3c(cc4c2CCC4)CCC3)n[nH]1)N1CC(c2ccccn2)C1. The van der Waals surface area contributed by atoms with Gasteiger partial charge in [-0.05, 0) is 72.9 Å². The lowest BCUT2D eigenvalue weighted by molar-refractivity contribution is 0.258. The third-order valence-electron chi connectivity index (χ3n) is 6.71. The number of anilines is 2. The van der Waals surface area contributed by atoms with E-state index < -0.39 is 10.0 Å². The minimum atomic E-state index is -3.70. The number of rotatable bonds is 5. The molecule has 1 saturated heterocycles. The number of H-pyrrole nitrogens is 1. The molecule has 1 aliphatic heterocycles. The highest BCUT2D eigenvalue weighted by Crippen LogP contribution is 2.39. The van der Waals surface area contributed by atoms with E-state index in [1.165, 1.54) is 26.6 Å². The van der Waals surface area contributed by atoms with Gasteiger partial charge in [0.15, 0.2) is 0 Å². The Morgan fingerprint density at radius 2 is 1.77 bits per heavy atom. The molecule has 2 aromatic heterocycles. The van der Waals surface area contributed by atoms with Crippen molar-refractivity contribution in [3.05, 3.63) is 58.4 Å². The number of nitrogens with one attached hydrogen (secondary N) is 2. The van der Waals surface area contributed by atoms with Gasteiger partial charge in [-0.15, -0.1) is 5.10 Å². The molecule has 160 valence electrons. The van der Waals surface area contributed by atoms with Crippen molar-refractivity contribution < 1.29 is 8.42 Å². The molecule has 0 saturated carbocycles. The van der Waals surface area contributed by atoms with Crippen LogP contribution in [0.2, 0.25) is 0 Å². The quantitative estimate of drug-likeness (QED) is 0.637. The normalized spacial score (nSPS) is 18.6. The summed E-state index contributed by atoms with van der Waals surface area (Å²) in [4.78, 5) is 8.64. The third kappa shape index (κ3) is 3.14. The number of sulfonamides is 1. The predicted octanol–water partition coefficient (Wildman–Crippen LogP) is 2.71. The van der Waals surface area contributed by atoms with E-state index in [2.05, 4.69) is 31.5 Å². The highest BCUT2D eigenvalue weighted by molar-refractivity contribution is 7.89. The van der Waals surface area contributed by atoms with E-state index in [0.29, 0.717) is 19.0 Å². The Morgan fingerprint density at radius 3 is 2.45 bits per heavy atom. The molecule has 3 aromatic rings. The molecule has 31 heavy (non-hydrogen) atoms. The molecule has 1 aromatic carbocycles. The van der Waals surface area contributed by atoms with Crippen molar-refractivity contribution in [2.75, 3.05) is 18.4 Å². The van der Waals surface area contributed by atoms with E-state index in [1.807, 2.05) is 18.2 Å². The first-order valence-electron chi connectivity index (χ1n) is 10.9. The van der Waals surface area contributed by atoms with Gasteiger partial charge in [0.1, 0.15) is 0 Å². The predicted molar refractivity (Wildman–Crippen MR) is 116 cm³/mol. The lowest BCUT2D eigenvalue weighted by Crippen LogP contribution is -2.48. The van der Waals surface area contributed by atoms with Crippen LogP contribution < -0.4 is 5.32 Å². The summed E-state index contributed by atoms with van der Waals surface area (Å²) in [5.41, 5.74) is 7.53. The number of aryl methyl sites for hydroxylation is 2. The second-order valence-electron chi connectivity index (χ2n) is 8.60. The number of aromatic amines is 1. The Hall–Kier alpha value is -2.78. The van der Waals surface area contributed by atoms with Gasteiger partial charge >= 0.3 is 0 Å². The van der Waals surface area contributed by atoms with Gasteiger partial charge in [-0.1, -0.05) is 12.1 Å². The van der Waals surface area contributed by atoms with Crippen LogP contribution >= 0.6 is 0 Å². The highest BCUT2D eigenvalue weighted by Gasteiger charge is 2.40. The summed E-state index contributed by atoms with van der Waals surface area (Å²) in [6, 6.07) is 8.08. The lowest BCUT2D eigenvalue weighted by atomic mass is 9.99. The van der Waals surface area contributed by atoms with Crippen molar-refractivity contribution in [3.63, 3.8) is 0 Å². The molecule has 0 radical (unpaired) electrons. The summed E-state index contributed by atoms with van der Waals surface area (Å²) in [5, 5.41) is 10.1. The maximum atomic E-state index is 13.0. The van der Waals surface area contributed by atoms with Crippen molar-refractivity contribution >= 4 is 21.7 Å². The van der Waals surface area contributed by atoms with E-state index >= 15 is 0 Å². The molecule has 0 atom stereocenters. The van der Waals surface area contributed by atoms with Gasteiger partial charge in [0, 0.05) is 36.6 Å². The molecule has 0 bridgehead atoms. The molecule has 3 heterocycles. The number of aromatic nitrogens is 4. The maximum absolute atomic E-state index is 13.0. The van der Waals surface area contributed by atoms with Gasteiger partial charge in [0.05, 0.1) is 0 Å². The summed E-state index contributed by atoms with van der Waals surface area (Å²) in [7, 11) is -3.70. The van der Waals surface area contributed by atoms with Gasteiger partial charge in [-0.25, -0.2) is 13.5 Å². The number of fused-ring (bicyclic) bond motifs is 2. The first-order valence-corrected chi connectivity index (χ1v) is 12.3. The van der Waals surface area contributed by atoms with E-state index in [1.54, 1.807) is 6.20 Å². The average Bonchev–Trinajstić information content (AvgIpc) is 3.48. The molecule has 8 nitrogen and oxygen atoms in total. The van der Waals surface area contributed by atoms with Gasteiger partial charge in [0.25, 0.3) is 15.2 Å². The summed E-state index contributed by atoms with van der Waals surface area (Å²) in [5.74, 6) is 0.431. The standard InChI is InChI=1S/C22H24N6O2S/c29-31(30,28-12-16(13-28)19-9-1-2-10-23-19)22-25-21(26-27-22)24-20-17-7-3-5-14(17)11-15-6-4-8-18(15)20/h1-2,9-11,16H,3-8,12-13H2,(H2,24,25,26,27). The van der Waals surface area contributed by atoms with Gasteiger partial charge in [-0.3, -0.25) is 4.98 Å². The monoisotopic (exact) mass is 436 g/mol. The zero-order valence-electron chi connectivity index (χ0n) is 17.1. The second kappa shape index (κ2) is 7.13.